The summed E-state index contributed by atoms with van der Waals surface area (Å²) < 4.78 is 18.0. The van der Waals surface area contributed by atoms with Crippen LogP contribution in [-0.4, -0.2) is 19.2 Å². The second kappa shape index (κ2) is 5.11. The van der Waals surface area contributed by atoms with Gasteiger partial charge in [-0.05, 0) is 18.2 Å². The molecule has 0 aliphatic heterocycles. The molecule has 0 N–H and O–H groups in total. The summed E-state index contributed by atoms with van der Waals surface area (Å²) in [6.07, 6.45) is 1.46. The second-order valence-electron chi connectivity index (χ2n) is 2.61. The molecule has 1 aromatic carbocycles. The van der Waals surface area contributed by atoms with Crippen molar-refractivity contribution in [2.24, 2.45) is 0 Å². The average molecular weight is 196 g/mol. The van der Waals surface area contributed by atoms with Crippen LogP contribution in [0.5, 0.6) is 5.75 Å². The summed E-state index contributed by atoms with van der Waals surface area (Å²) in [7, 11) is 0. The minimum atomic E-state index is -0.597. The monoisotopic (exact) mass is 196 g/mol. The zero-order valence-electron chi connectivity index (χ0n) is 7.40. The highest BCUT2D eigenvalue weighted by atomic mass is 19.1. The van der Waals surface area contributed by atoms with Crippen molar-refractivity contribution in [1.82, 2.24) is 0 Å². The summed E-state index contributed by atoms with van der Waals surface area (Å²) in [6, 6.07) is 3.90. The van der Waals surface area contributed by atoms with Crippen molar-refractivity contribution in [2.45, 2.75) is 6.42 Å². The van der Waals surface area contributed by atoms with Crippen molar-refractivity contribution < 1.29 is 18.7 Å². The number of carbonyl (C=O) groups excluding carboxylic acids is 2. The Morgan fingerprint density at radius 2 is 2.14 bits per heavy atom. The third-order valence-electron chi connectivity index (χ3n) is 1.59. The van der Waals surface area contributed by atoms with E-state index in [0.29, 0.717) is 12.6 Å². The molecule has 0 amide bonds. The molecule has 0 spiro atoms. The lowest BCUT2D eigenvalue weighted by Gasteiger charge is -2.04. The van der Waals surface area contributed by atoms with Crippen LogP contribution in [0.25, 0.3) is 0 Å². The first kappa shape index (κ1) is 10.4. The molecule has 0 atom stereocenters. The molecule has 0 unspecified atom stereocenters. The number of ether oxygens (including phenoxy) is 1. The second-order valence-corrected chi connectivity index (χ2v) is 2.61. The standard InChI is InChI=1S/C10H9FO3/c11-9-6-8(7-13)2-3-10(9)14-5-1-4-12/h2-4,6-7H,1,5H2. The maximum atomic E-state index is 13.1. The van der Waals surface area contributed by atoms with Gasteiger partial charge in [0.2, 0.25) is 0 Å². The highest BCUT2D eigenvalue weighted by Gasteiger charge is 2.03. The van der Waals surface area contributed by atoms with Crippen molar-refractivity contribution in [3.05, 3.63) is 29.6 Å². The molecule has 14 heavy (non-hydrogen) atoms. The van der Waals surface area contributed by atoms with Crippen LogP contribution in [-0.2, 0) is 4.79 Å². The van der Waals surface area contributed by atoms with Gasteiger partial charge < -0.3 is 9.53 Å². The van der Waals surface area contributed by atoms with E-state index in [4.69, 9.17) is 4.74 Å². The molecule has 0 saturated carbocycles. The van der Waals surface area contributed by atoms with Gasteiger partial charge in [-0.25, -0.2) is 4.39 Å². The van der Waals surface area contributed by atoms with Crippen molar-refractivity contribution in [3.8, 4) is 5.75 Å². The number of carbonyl (C=O) groups is 2. The zero-order valence-corrected chi connectivity index (χ0v) is 7.40. The SMILES string of the molecule is O=CCCOc1ccc(C=O)cc1F. The van der Waals surface area contributed by atoms with Crippen molar-refractivity contribution in [1.29, 1.82) is 0 Å². The number of rotatable bonds is 5. The number of halogens is 1. The lowest BCUT2D eigenvalue weighted by molar-refractivity contribution is -0.108. The van der Waals surface area contributed by atoms with E-state index in [1.54, 1.807) is 0 Å². The van der Waals surface area contributed by atoms with Crippen LogP contribution >= 0.6 is 0 Å². The molecular weight excluding hydrogens is 187 g/mol. The predicted molar refractivity (Wildman–Crippen MR) is 48.0 cm³/mol. The fourth-order valence-corrected chi connectivity index (χ4v) is 0.924. The molecule has 0 fully saturated rings. The first-order valence-corrected chi connectivity index (χ1v) is 4.09. The fraction of sp³-hybridized carbons (Fsp3) is 0.200. The molecular formula is C10H9FO3. The maximum Gasteiger partial charge on any atom is 0.165 e. The molecule has 0 bridgehead atoms. The molecule has 0 radical (unpaired) electrons. The Balaban J connectivity index is 2.68. The fourth-order valence-electron chi connectivity index (χ4n) is 0.924. The highest BCUT2D eigenvalue weighted by molar-refractivity contribution is 5.74. The lowest BCUT2D eigenvalue weighted by atomic mass is 10.2. The average Bonchev–Trinajstić information content (AvgIpc) is 2.20. The zero-order chi connectivity index (χ0) is 10.4. The summed E-state index contributed by atoms with van der Waals surface area (Å²) in [5, 5.41) is 0. The first-order valence-electron chi connectivity index (χ1n) is 4.09. The van der Waals surface area contributed by atoms with E-state index in [-0.39, 0.29) is 24.3 Å². The quantitative estimate of drug-likeness (QED) is 0.530. The molecule has 0 heterocycles. The molecule has 0 aliphatic rings. The topological polar surface area (TPSA) is 43.4 Å². The number of aldehydes is 2. The Morgan fingerprint density at radius 3 is 2.71 bits per heavy atom. The van der Waals surface area contributed by atoms with Crippen LogP contribution in [0.15, 0.2) is 18.2 Å². The first-order chi connectivity index (χ1) is 6.77. The van der Waals surface area contributed by atoms with Crippen LogP contribution in [0, 0.1) is 5.82 Å². The predicted octanol–water partition coefficient (Wildman–Crippen LogP) is 1.61. The third kappa shape index (κ3) is 2.65. The van der Waals surface area contributed by atoms with Gasteiger partial charge in [0.25, 0.3) is 0 Å². The Kier molecular flexibility index (Phi) is 3.79. The van der Waals surface area contributed by atoms with Crippen LogP contribution in [0.3, 0.4) is 0 Å². The van der Waals surface area contributed by atoms with Gasteiger partial charge in [-0.1, -0.05) is 0 Å². The van der Waals surface area contributed by atoms with Gasteiger partial charge in [0.05, 0.1) is 6.61 Å². The molecule has 0 saturated heterocycles. The van der Waals surface area contributed by atoms with E-state index < -0.39 is 5.82 Å². The molecule has 74 valence electrons. The number of hydrogen-bond donors (Lipinski definition) is 0. The van der Waals surface area contributed by atoms with Crippen LogP contribution in [0.4, 0.5) is 4.39 Å². The minimum Gasteiger partial charge on any atom is -0.490 e. The molecule has 0 aliphatic carbocycles. The van der Waals surface area contributed by atoms with Gasteiger partial charge in [0.15, 0.2) is 11.6 Å². The summed E-state index contributed by atoms with van der Waals surface area (Å²) in [5.74, 6) is -0.544. The van der Waals surface area contributed by atoms with E-state index in [9.17, 15) is 14.0 Å². The van der Waals surface area contributed by atoms with E-state index in [0.717, 1.165) is 6.07 Å². The molecule has 0 aromatic heterocycles. The number of hydrogen-bond acceptors (Lipinski definition) is 3. The minimum absolute atomic E-state index is 0.0532. The van der Waals surface area contributed by atoms with Crippen molar-refractivity contribution in [2.75, 3.05) is 6.61 Å². The summed E-state index contributed by atoms with van der Waals surface area (Å²) in [5.41, 5.74) is 0.255. The van der Waals surface area contributed by atoms with E-state index >= 15 is 0 Å². The third-order valence-corrected chi connectivity index (χ3v) is 1.59. The summed E-state index contributed by atoms with van der Waals surface area (Å²) in [4.78, 5) is 20.2. The van der Waals surface area contributed by atoms with Gasteiger partial charge in [-0.15, -0.1) is 0 Å². The largest absolute Gasteiger partial charge is 0.490 e. The van der Waals surface area contributed by atoms with E-state index in [2.05, 4.69) is 0 Å². The van der Waals surface area contributed by atoms with E-state index in [1.165, 1.54) is 12.1 Å². The van der Waals surface area contributed by atoms with Gasteiger partial charge in [-0.2, -0.15) is 0 Å². The Bertz CT molecular complexity index is 336. The van der Waals surface area contributed by atoms with Gasteiger partial charge in [0, 0.05) is 12.0 Å². The highest BCUT2D eigenvalue weighted by Crippen LogP contribution is 2.17. The van der Waals surface area contributed by atoms with E-state index in [1.807, 2.05) is 0 Å². The van der Waals surface area contributed by atoms with Crippen LogP contribution in [0.1, 0.15) is 16.8 Å². The normalized spacial score (nSPS) is 9.50. The molecule has 1 aromatic rings. The molecule has 1 rings (SSSR count). The molecule has 4 heteroatoms. The summed E-state index contributed by atoms with van der Waals surface area (Å²) >= 11 is 0. The number of benzene rings is 1. The summed E-state index contributed by atoms with van der Waals surface area (Å²) in [6.45, 7) is 0.140. The van der Waals surface area contributed by atoms with Gasteiger partial charge in [0.1, 0.15) is 12.6 Å². The van der Waals surface area contributed by atoms with Crippen molar-refractivity contribution >= 4 is 12.6 Å². The van der Waals surface area contributed by atoms with Crippen LogP contribution in [0.2, 0.25) is 0 Å². The maximum absolute atomic E-state index is 13.1. The van der Waals surface area contributed by atoms with Gasteiger partial charge in [-0.3, -0.25) is 4.79 Å². The Morgan fingerprint density at radius 1 is 1.36 bits per heavy atom. The molecule has 3 nitrogen and oxygen atoms in total. The van der Waals surface area contributed by atoms with Crippen molar-refractivity contribution in [3.63, 3.8) is 0 Å². The van der Waals surface area contributed by atoms with Gasteiger partial charge >= 0.3 is 0 Å². The smallest absolute Gasteiger partial charge is 0.165 e. The Labute approximate surface area is 80.5 Å². The van der Waals surface area contributed by atoms with Crippen LogP contribution < -0.4 is 4.74 Å². The lowest BCUT2D eigenvalue weighted by Crippen LogP contribution is -1.99. The Hall–Kier alpha value is -1.71.